The molecule has 1 fully saturated rings. The van der Waals surface area contributed by atoms with E-state index in [0.29, 0.717) is 5.54 Å². The molecule has 1 rings (SSSR count). The van der Waals surface area contributed by atoms with Crippen LogP contribution in [0.1, 0.15) is 53.9 Å². The Labute approximate surface area is 95.4 Å². The van der Waals surface area contributed by atoms with Gasteiger partial charge in [0.15, 0.2) is 0 Å². The lowest BCUT2D eigenvalue weighted by Gasteiger charge is -2.40. The Balaban J connectivity index is 2.41. The molecule has 0 bridgehead atoms. The summed E-state index contributed by atoms with van der Waals surface area (Å²) in [7, 11) is 0. The molecule has 2 heteroatoms. The predicted octanol–water partition coefficient (Wildman–Crippen LogP) is 2.64. The average molecular weight is 212 g/mol. The number of hydrogen-bond acceptors (Lipinski definition) is 2. The van der Waals surface area contributed by atoms with Crippen LogP contribution in [-0.4, -0.2) is 35.6 Å². The van der Waals surface area contributed by atoms with Crippen molar-refractivity contribution in [1.29, 1.82) is 0 Å². The van der Waals surface area contributed by atoms with E-state index in [1.54, 1.807) is 0 Å². The number of hydrogen-bond donors (Lipinski definition) is 1. The molecule has 90 valence electrons. The van der Waals surface area contributed by atoms with Gasteiger partial charge in [0.1, 0.15) is 0 Å². The van der Waals surface area contributed by atoms with E-state index in [1.807, 2.05) is 0 Å². The van der Waals surface area contributed by atoms with Crippen molar-refractivity contribution < 1.29 is 0 Å². The van der Waals surface area contributed by atoms with Gasteiger partial charge in [0.05, 0.1) is 0 Å². The van der Waals surface area contributed by atoms with E-state index >= 15 is 0 Å². The Morgan fingerprint density at radius 1 is 1.33 bits per heavy atom. The van der Waals surface area contributed by atoms with Gasteiger partial charge in [0.25, 0.3) is 0 Å². The van der Waals surface area contributed by atoms with Gasteiger partial charge in [0.2, 0.25) is 0 Å². The molecule has 0 aromatic rings. The maximum absolute atomic E-state index is 3.79. The minimum Gasteiger partial charge on any atom is -0.309 e. The average Bonchev–Trinajstić information content (AvgIpc) is 2.17. The second-order valence-corrected chi connectivity index (χ2v) is 5.58. The summed E-state index contributed by atoms with van der Waals surface area (Å²) >= 11 is 0. The second-order valence-electron chi connectivity index (χ2n) is 5.58. The van der Waals surface area contributed by atoms with Crippen molar-refractivity contribution in [1.82, 2.24) is 10.2 Å². The van der Waals surface area contributed by atoms with Gasteiger partial charge in [-0.05, 0) is 53.1 Å². The third-order valence-electron chi connectivity index (χ3n) is 3.90. The summed E-state index contributed by atoms with van der Waals surface area (Å²) in [5.74, 6) is 0. The van der Waals surface area contributed by atoms with Crippen LogP contribution in [0.4, 0.5) is 0 Å². The van der Waals surface area contributed by atoms with Crippen LogP contribution in [-0.2, 0) is 0 Å². The number of piperidine rings is 1. The first-order valence-electron chi connectivity index (χ1n) is 6.50. The van der Waals surface area contributed by atoms with Crippen LogP contribution in [0.2, 0.25) is 0 Å². The molecule has 1 heterocycles. The van der Waals surface area contributed by atoms with Crippen LogP contribution < -0.4 is 5.32 Å². The molecule has 0 amide bonds. The van der Waals surface area contributed by atoms with Gasteiger partial charge in [-0.1, -0.05) is 13.8 Å². The molecular weight excluding hydrogens is 184 g/mol. The van der Waals surface area contributed by atoms with Crippen LogP contribution in [0.5, 0.6) is 0 Å². The Kier molecular flexibility index (Phi) is 4.60. The van der Waals surface area contributed by atoms with Crippen LogP contribution in [0, 0.1) is 0 Å². The Bertz CT molecular complexity index is 189. The Hall–Kier alpha value is -0.0800. The highest BCUT2D eigenvalue weighted by Gasteiger charge is 2.27. The van der Waals surface area contributed by atoms with Gasteiger partial charge < -0.3 is 10.2 Å². The highest BCUT2D eigenvalue weighted by Crippen LogP contribution is 2.20. The SMILES string of the molecule is CCN1CCC(NC(C)(C)CC)CC1C. The third-order valence-corrected chi connectivity index (χ3v) is 3.90. The number of rotatable bonds is 4. The van der Waals surface area contributed by atoms with Crippen molar-refractivity contribution in [3.05, 3.63) is 0 Å². The highest BCUT2D eigenvalue weighted by atomic mass is 15.2. The molecule has 1 saturated heterocycles. The summed E-state index contributed by atoms with van der Waals surface area (Å²) in [6, 6.07) is 1.46. The first kappa shape index (κ1) is 13.0. The first-order chi connectivity index (χ1) is 6.98. The Morgan fingerprint density at radius 2 is 2.00 bits per heavy atom. The van der Waals surface area contributed by atoms with Gasteiger partial charge in [-0.15, -0.1) is 0 Å². The number of nitrogens with one attached hydrogen (secondary N) is 1. The maximum atomic E-state index is 3.79. The Morgan fingerprint density at radius 3 is 2.47 bits per heavy atom. The summed E-state index contributed by atoms with van der Waals surface area (Å²) in [4.78, 5) is 2.58. The van der Waals surface area contributed by atoms with Crippen LogP contribution in [0.15, 0.2) is 0 Å². The van der Waals surface area contributed by atoms with Crippen LogP contribution >= 0.6 is 0 Å². The van der Waals surface area contributed by atoms with E-state index in [1.165, 1.54) is 32.4 Å². The summed E-state index contributed by atoms with van der Waals surface area (Å²) in [5, 5.41) is 3.79. The number of likely N-dealkylation sites (tertiary alicyclic amines) is 1. The fourth-order valence-corrected chi connectivity index (χ4v) is 2.48. The smallest absolute Gasteiger partial charge is 0.0125 e. The van der Waals surface area contributed by atoms with Crippen LogP contribution in [0.25, 0.3) is 0 Å². The van der Waals surface area contributed by atoms with Crippen molar-refractivity contribution in [2.24, 2.45) is 0 Å². The maximum Gasteiger partial charge on any atom is 0.0125 e. The van der Waals surface area contributed by atoms with E-state index in [-0.39, 0.29) is 0 Å². The minimum atomic E-state index is 0.304. The predicted molar refractivity (Wildman–Crippen MR) is 67.2 cm³/mol. The van der Waals surface area contributed by atoms with Crippen molar-refractivity contribution in [2.75, 3.05) is 13.1 Å². The van der Waals surface area contributed by atoms with Crippen molar-refractivity contribution in [3.8, 4) is 0 Å². The molecule has 15 heavy (non-hydrogen) atoms. The van der Waals surface area contributed by atoms with Gasteiger partial charge in [0, 0.05) is 17.6 Å². The molecule has 0 aliphatic carbocycles. The topological polar surface area (TPSA) is 15.3 Å². The molecule has 1 N–H and O–H groups in total. The lowest BCUT2D eigenvalue weighted by Crippen LogP contribution is -2.52. The first-order valence-corrected chi connectivity index (χ1v) is 6.50. The fraction of sp³-hybridized carbons (Fsp3) is 1.00. The molecule has 2 atom stereocenters. The zero-order chi connectivity index (χ0) is 11.5. The minimum absolute atomic E-state index is 0.304. The standard InChI is InChI=1S/C13H28N2/c1-6-13(4,5)14-12-8-9-15(7-2)11(3)10-12/h11-12,14H,6-10H2,1-5H3. The zero-order valence-electron chi connectivity index (χ0n) is 11.1. The van der Waals surface area contributed by atoms with E-state index in [4.69, 9.17) is 0 Å². The summed E-state index contributed by atoms with van der Waals surface area (Å²) in [6.07, 6.45) is 3.81. The molecule has 2 nitrogen and oxygen atoms in total. The fourth-order valence-electron chi connectivity index (χ4n) is 2.48. The van der Waals surface area contributed by atoms with Crippen molar-refractivity contribution in [3.63, 3.8) is 0 Å². The molecule has 0 aromatic carbocycles. The largest absolute Gasteiger partial charge is 0.309 e. The molecule has 0 radical (unpaired) electrons. The lowest BCUT2D eigenvalue weighted by atomic mass is 9.93. The normalized spacial score (nSPS) is 29.4. The summed E-state index contributed by atoms with van der Waals surface area (Å²) in [6.45, 7) is 14.0. The highest BCUT2D eigenvalue weighted by molar-refractivity contribution is 4.87. The second kappa shape index (κ2) is 5.31. The summed E-state index contributed by atoms with van der Waals surface area (Å²) in [5.41, 5.74) is 0.304. The van der Waals surface area contributed by atoms with Gasteiger partial charge in [-0.3, -0.25) is 0 Å². The van der Waals surface area contributed by atoms with Crippen molar-refractivity contribution >= 4 is 0 Å². The zero-order valence-corrected chi connectivity index (χ0v) is 11.1. The van der Waals surface area contributed by atoms with E-state index in [0.717, 1.165) is 12.1 Å². The van der Waals surface area contributed by atoms with Gasteiger partial charge in [-0.2, -0.15) is 0 Å². The van der Waals surface area contributed by atoms with E-state index in [9.17, 15) is 0 Å². The number of nitrogens with zero attached hydrogens (tertiary/aromatic N) is 1. The molecule has 0 aromatic heterocycles. The molecule has 0 spiro atoms. The van der Waals surface area contributed by atoms with E-state index in [2.05, 4.69) is 44.8 Å². The molecule has 1 aliphatic heterocycles. The third kappa shape index (κ3) is 3.76. The molecular formula is C13H28N2. The van der Waals surface area contributed by atoms with Crippen LogP contribution in [0.3, 0.4) is 0 Å². The molecule has 0 saturated carbocycles. The summed E-state index contributed by atoms with van der Waals surface area (Å²) < 4.78 is 0. The quantitative estimate of drug-likeness (QED) is 0.770. The monoisotopic (exact) mass is 212 g/mol. The molecule has 2 unspecified atom stereocenters. The van der Waals surface area contributed by atoms with Gasteiger partial charge in [-0.25, -0.2) is 0 Å². The van der Waals surface area contributed by atoms with Gasteiger partial charge >= 0.3 is 0 Å². The van der Waals surface area contributed by atoms with Crippen molar-refractivity contribution in [2.45, 2.75) is 71.5 Å². The lowest BCUT2D eigenvalue weighted by molar-refractivity contribution is 0.129. The van der Waals surface area contributed by atoms with E-state index < -0.39 is 0 Å². The molecule has 1 aliphatic rings.